The first-order chi connectivity index (χ1) is 14.6. The first-order valence-electron chi connectivity index (χ1n) is 11.3. The van der Waals surface area contributed by atoms with Gasteiger partial charge in [-0.15, -0.1) is 0 Å². The maximum atomic E-state index is 12.9. The molecule has 0 radical (unpaired) electrons. The number of hydrogen-bond donors (Lipinski definition) is 1. The summed E-state index contributed by atoms with van der Waals surface area (Å²) in [6.45, 7) is 6.97. The second kappa shape index (κ2) is 8.12. The predicted octanol–water partition coefficient (Wildman–Crippen LogP) is 6.19. The van der Waals surface area contributed by atoms with Crippen LogP contribution in [0.15, 0.2) is 36.0 Å². The summed E-state index contributed by atoms with van der Waals surface area (Å²) in [5, 5.41) is 9.76. The van der Waals surface area contributed by atoms with Crippen LogP contribution in [-0.2, 0) is 15.0 Å². The number of halogens is 1. The van der Waals surface area contributed by atoms with Gasteiger partial charge in [0.1, 0.15) is 0 Å². The van der Waals surface area contributed by atoms with E-state index >= 15 is 0 Å². The van der Waals surface area contributed by atoms with E-state index in [1.165, 1.54) is 11.1 Å². The molecule has 0 bridgehead atoms. The monoisotopic (exact) mass is 441 g/mol. The molecule has 2 aliphatic carbocycles. The fourth-order valence-electron chi connectivity index (χ4n) is 4.95. The first kappa shape index (κ1) is 22.1. The number of carbonyl (C=O) groups is 2. The standard InChI is InChI=1S/C26H32ClNO3/c1-25(2)11-8-17(9-12-25)20-7-6-19(14-22(20)27)26(3)15-23(29)28(13-10-24(30)31)16-21(26)18-4-5-18/h6-8,14,16,18H,4-5,9-13,15H2,1-3H3,(H,30,31)/t26-/m0/s1. The minimum absolute atomic E-state index is 0.0226. The number of amides is 1. The van der Waals surface area contributed by atoms with Crippen molar-refractivity contribution in [3.8, 4) is 0 Å². The van der Waals surface area contributed by atoms with Crippen molar-refractivity contribution in [3.63, 3.8) is 0 Å². The second-order valence-corrected chi connectivity index (χ2v) is 10.8. The molecular weight excluding hydrogens is 410 g/mol. The molecule has 0 aromatic heterocycles. The first-order valence-corrected chi connectivity index (χ1v) is 11.7. The summed E-state index contributed by atoms with van der Waals surface area (Å²) < 4.78 is 0. The molecule has 1 aromatic rings. The molecule has 31 heavy (non-hydrogen) atoms. The van der Waals surface area contributed by atoms with Crippen LogP contribution in [0.3, 0.4) is 0 Å². The van der Waals surface area contributed by atoms with Crippen molar-refractivity contribution in [2.24, 2.45) is 11.3 Å². The van der Waals surface area contributed by atoms with Gasteiger partial charge in [-0.05, 0) is 71.8 Å². The molecule has 1 amide bonds. The molecule has 1 heterocycles. The molecule has 0 unspecified atom stereocenters. The maximum Gasteiger partial charge on any atom is 0.305 e. The van der Waals surface area contributed by atoms with Crippen molar-refractivity contribution < 1.29 is 14.7 Å². The average molecular weight is 442 g/mol. The lowest BCUT2D eigenvalue weighted by molar-refractivity contribution is -0.138. The van der Waals surface area contributed by atoms with Crippen LogP contribution in [0.25, 0.3) is 5.57 Å². The highest BCUT2D eigenvalue weighted by Gasteiger charge is 2.45. The summed E-state index contributed by atoms with van der Waals surface area (Å²) >= 11 is 6.79. The van der Waals surface area contributed by atoms with Crippen molar-refractivity contribution in [1.29, 1.82) is 0 Å². The summed E-state index contributed by atoms with van der Waals surface area (Å²) in [4.78, 5) is 25.5. The van der Waals surface area contributed by atoms with Crippen molar-refractivity contribution in [3.05, 3.63) is 52.2 Å². The Balaban J connectivity index is 1.64. The third-order valence-corrected chi connectivity index (χ3v) is 7.58. The number of carboxylic acids is 1. The van der Waals surface area contributed by atoms with Gasteiger partial charge in [0.15, 0.2) is 0 Å². The van der Waals surface area contributed by atoms with Crippen molar-refractivity contribution in [2.75, 3.05) is 6.54 Å². The lowest BCUT2D eigenvalue weighted by atomic mass is 9.69. The van der Waals surface area contributed by atoms with Gasteiger partial charge in [0.05, 0.1) is 6.42 Å². The largest absolute Gasteiger partial charge is 0.481 e. The zero-order chi connectivity index (χ0) is 22.4. The molecule has 1 N–H and O–H groups in total. The fourth-order valence-corrected chi connectivity index (χ4v) is 5.25. The van der Waals surface area contributed by atoms with Crippen LogP contribution in [0, 0.1) is 11.3 Å². The SMILES string of the molecule is CC1(C)CC=C(c2ccc([C@]3(C)CC(=O)N(CCC(=O)O)C=C3C3CC3)cc2Cl)CC1. The average Bonchev–Trinajstić information content (AvgIpc) is 3.52. The lowest BCUT2D eigenvalue weighted by Crippen LogP contribution is -2.42. The highest BCUT2D eigenvalue weighted by atomic mass is 35.5. The van der Waals surface area contributed by atoms with E-state index in [-0.39, 0.29) is 18.9 Å². The summed E-state index contributed by atoms with van der Waals surface area (Å²) in [7, 11) is 0. The molecule has 1 aliphatic heterocycles. The van der Waals surface area contributed by atoms with E-state index in [0.717, 1.165) is 48.3 Å². The molecule has 4 nitrogen and oxygen atoms in total. The number of hydrogen-bond acceptors (Lipinski definition) is 2. The van der Waals surface area contributed by atoms with E-state index in [1.807, 2.05) is 12.3 Å². The molecule has 166 valence electrons. The summed E-state index contributed by atoms with van der Waals surface area (Å²) in [5.41, 5.74) is 4.68. The Morgan fingerprint density at radius 3 is 2.58 bits per heavy atom. The second-order valence-electron chi connectivity index (χ2n) is 10.4. The highest BCUT2D eigenvalue weighted by molar-refractivity contribution is 6.32. The lowest BCUT2D eigenvalue weighted by Gasteiger charge is -2.40. The predicted molar refractivity (Wildman–Crippen MR) is 124 cm³/mol. The minimum atomic E-state index is -0.884. The Morgan fingerprint density at radius 1 is 1.26 bits per heavy atom. The van der Waals surface area contributed by atoms with E-state index in [2.05, 4.69) is 39.0 Å². The molecule has 0 saturated heterocycles. The van der Waals surface area contributed by atoms with Gasteiger partial charge in [0.2, 0.25) is 5.91 Å². The quantitative estimate of drug-likeness (QED) is 0.572. The highest BCUT2D eigenvalue weighted by Crippen LogP contribution is 2.51. The number of benzene rings is 1. The zero-order valence-corrected chi connectivity index (χ0v) is 19.5. The van der Waals surface area contributed by atoms with Gasteiger partial charge >= 0.3 is 5.97 Å². The van der Waals surface area contributed by atoms with E-state index in [4.69, 9.17) is 16.7 Å². The number of rotatable bonds is 6. The smallest absolute Gasteiger partial charge is 0.305 e. The Bertz CT molecular complexity index is 973. The minimum Gasteiger partial charge on any atom is -0.481 e. The van der Waals surface area contributed by atoms with Crippen molar-refractivity contribution >= 4 is 29.1 Å². The molecular formula is C26H32ClNO3. The number of carboxylic acid groups (broad SMARTS) is 1. The summed E-state index contributed by atoms with van der Waals surface area (Å²) in [6, 6.07) is 6.31. The molecule has 0 spiro atoms. The van der Waals surface area contributed by atoms with Gasteiger partial charge in [-0.3, -0.25) is 9.59 Å². The summed E-state index contributed by atoms with van der Waals surface area (Å²) in [5.74, 6) is -0.442. The molecule has 5 heteroatoms. The van der Waals surface area contributed by atoms with Gasteiger partial charge in [0, 0.05) is 29.6 Å². The van der Waals surface area contributed by atoms with Crippen molar-refractivity contribution in [2.45, 2.75) is 71.1 Å². The number of carbonyl (C=O) groups excluding carboxylic acids is 1. The number of allylic oxidation sites excluding steroid dienone is 3. The van der Waals surface area contributed by atoms with Crippen LogP contribution < -0.4 is 0 Å². The van der Waals surface area contributed by atoms with E-state index < -0.39 is 11.4 Å². The Morgan fingerprint density at radius 2 is 2.00 bits per heavy atom. The zero-order valence-electron chi connectivity index (χ0n) is 18.7. The molecule has 4 rings (SSSR count). The Kier molecular flexibility index (Phi) is 5.80. The van der Waals surface area contributed by atoms with E-state index in [1.54, 1.807) is 4.90 Å². The van der Waals surface area contributed by atoms with Crippen LogP contribution in [0.2, 0.25) is 5.02 Å². The number of aliphatic carboxylic acids is 1. The van der Waals surface area contributed by atoms with Crippen LogP contribution in [0.5, 0.6) is 0 Å². The topological polar surface area (TPSA) is 57.6 Å². The van der Waals surface area contributed by atoms with Gasteiger partial charge in [-0.1, -0.05) is 50.6 Å². The van der Waals surface area contributed by atoms with E-state index in [9.17, 15) is 9.59 Å². The van der Waals surface area contributed by atoms with Crippen LogP contribution in [-0.4, -0.2) is 28.4 Å². The Labute approximate surface area is 190 Å². The van der Waals surface area contributed by atoms with Crippen LogP contribution in [0.1, 0.15) is 76.8 Å². The molecule has 1 saturated carbocycles. The third kappa shape index (κ3) is 4.59. The normalized spacial score (nSPS) is 25.8. The third-order valence-electron chi connectivity index (χ3n) is 7.27. The van der Waals surface area contributed by atoms with Gasteiger partial charge < -0.3 is 10.0 Å². The van der Waals surface area contributed by atoms with Crippen LogP contribution >= 0.6 is 11.6 Å². The van der Waals surface area contributed by atoms with Gasteiger partial charge in [-0.25, -0.2) is 0 Å². The Hall–Kier alpha value is -2.07. The molecule has 1 aromatic carbocycles. The van der Waals surface area contributed by atoms with Crippen LogP contribution in [0.4, 0.5) is 0 Å². The summed E-state index contributed by atoms with van der Waals surface area (Å²) in [6.07, 6.45) is 10.1. The van der Waals surface area contributed by atoms with Crippen molar-refractivity contribution in [1.82, 2.24) is 4.90 Å². The molecule has 3 aliphatic rings. The fraction of sp³-hybridized carbons (Fsp3) is 0.538. The molecule has 1 fully saturated rings. The maximum absolute atomic E-state index is 12.9. The van der Waals surface area contributed by atoms with Gasteiger partial charge in [-0.2, -0.15) is 0 Å². The number of nitrogens with zero attached hydrogens (tertiary/aromatic N) is 1. The molecule has 1 atom stereocenters. The van der Waals surface area contributed by atoms with Gasteiger partial charge in [0.25, 0.3) is 0 Å². The van der Waals surface area contributed by atoms with E-state index in [0.29, 0.717) is 17.8 Å².